The second-order valence-corrected chi connectivity index (χ2v) is 16.6. The van der Waals surface area contributed by atoms with Crippen molar-refractivity contribution in [3.8, 4) is 0 Å². The summed E-state index contributed by atoms with van der Waals surface area (Å²) in [5.74, 6) is -1.09. The lowest BCUT2D eigenvalue weighted by Crippen LogP contribution is -2.50. The van der Waals surface area contributed by atoms with Crippen LogP contribution in [0.25, 0.3) is 0 Å². The maximum atomic E-state index is 13.0. The maximum absolute atomic E-state index is 13.0. The number of carbonyl (C=O) groups excluding carboxylic acids is 1. The van der Waals surface area contributed by atoms with Crippen LogP contribution < -0.4 is 0 Å². The average molecular weight is 807 g/mol. The van der Waals surface area contributed by atoms with Crippen LogP contribution in [0.2, 0.25) is 0 Å². The Kier molecular flexibility index (Phi) is 18.0. The van der Waals surface area contributed by atoms with Gasteiger partial charge in [-0.1, -0.05) is 106 Å². The van der Waals surface area contributed by atoms with Crippen molar-refractivity contribution in [2.75, 3.05) is 0 Å². The quantitative estimate of drug-likeness (QED) is 0.122. The molecule has 0 aliphatic carbocycles. The number of carbonyl (C=O) groups is 2. The number of unbranched alkanes of at least 4 members (excludes halogenated alkanes) is 1. The third-order valence-corrected chi connectivity index (χ3v) is 12.0. The summed E-state index contributed by atoms with van der Waals surface area (Å²) in [7, 11) is 0. The molecule has 15 atom stereocenters. The Hall–Kier alpha value is -3.42. The van der Waals surface area contributed by atoms with E-state index in [9.17, 15) is 24.9 Å². The Balaban J connectivity index is 1.29. The van der Waals surface area contributed by atoms with Crippen LogP contribution in [0.3, 0.4) is 0 Å². The Bertz CT molecular complexity index is 1570. The molecule has 0 spiro atoms. The van der Waals surface area contributed by atoms with Gasteiger partial charge in [-0.25, -0.2) is 4.79 Å². The van der Waals surface area contributed by atoms with Gasteiger partial charge in [0.05, 0.1) is 42.7 Å². The number of carboxylic acid groups (broad SMARTS) is 1. The number of ether oxygens (including phenoxy) is 5. The first-order valence-corrected chi connectivity index (χ1v) is 21.3. The Morgan fingerprint density at radius 3 is 2.34 bits per heavy atom. The van der Waals surface area contributed by atoms with Crippen LogP contribution >= 0.6 is 0 Å². The minimum Gasteiger partial charge on any atom is -0.481 e. The zero-order valence-corrected chi connectivity index (χ0v) is 34.5. The van der Waals surface area contributed by atoms with Crippen LogP contribution in [-0.4, -0.2) is 106 Å². The minimum atomic E-state index is -1.18. The molecule has 7 bridgehead atoms. The van der Waals surface area contributed by atoms with Crippen molar-refractivity contribution in [3.63, 3.8) is 0 Å². The second-order valence-electron chi connectivity index (χ2n) is 16.6. The summed E-state index contributed by atoms with van der Waals surface area (Å²) >= 11 is 0. The number of rotatable bonds is 7. The van der Waals surface area contributed by atoms with Crippen LogP contribution in [-0.2, 0) is 33.3 Å². The van der Waals surface area contributed by atoms with E-state index < -0.39 is 48.6 Å². The molecule has 58 heavy (non-hydrogen) atoms. The number of carboxylic acids is 1. The maximum Gasteiger partial charge on any atom is 0.331 e. The number of aliphatic hydroxyl groups is 3. The first kappa shape index (κ1) is 45.7. The molecule has 3 saturated heterocycles. The highest BCUT2D eigenvalue weighted by Gasteiger charge is 2.45. The molecule has 6 aliphatic rings. The van der Waals surface area contributed by atoms with Gasteiger partial charge in [-0.15, -0.1) is 0 Å². The number of allylic oxidation sites excluding steroid dienone is 7. The molecule has 0 radical (unpaired) electrons. The molecule has 0 saturated carbocycles. The van der Waals surface area contributed by atoms with E-state index in [0.717, 1.165) is 31.3 Å². The molecule has 11 heteroatoms. The molecule has 6 aliphatic heterocycles. The molecule has 0 aromatic carbocycles. The van der Waals surface area contributed by atoms with E-state index in [-0.39, 0.29) is 67.2 Å². The lowest BCUT2D eigenvalue weighted by atomic mass is 9.85. The number of aliphatic hydroxyl groups excluding tert-OH is 3. The topological polar surface area (TPSA) is 161 Å². The van der Waals surface area contributed by atoms with Gasteiger partial charge in [0.15, 0.2) is 6.10 Å². The predicted molar refractivity (Wildman–Crippen MR) is 222 cm³/mol. The van der Waals surface area contributed by atoms with Gasteiger partial charge in [0.2, 0.25) is 0 Å². The van der Waals surface area contributed by atoms with E-state index in [1.807, 2.05) is 62.5 Å². The highest BCUT2D eigenvalue weighted by Crippen LogP contribution is 2.38. The third kappa shape index (κ3) is 13.6. The molecular weight excluding hydrogens is 741 g/mol. The van der Waals surface area contributed by atoms with Gasteiger partial charge in [0.1, 0.15) is 24.4 Å². The number of hydrogen-bond acceptors (Lipinski definition) is 10. The summed E-state index contributed by atoms with van der Waals surface area (Å²) in [5, 5.41) is 41.7. The standard InChI is InChI=1S/C47H66O11/c1-30(17-14-15-23-44(50)51)27-31(2)47-40-26-25-34(54-47)18-10-6-5-7-11-19-35(48)46(53)43-28-36(49)32(3)37(56-43)21-16-22-38-33(4)41-29-42(55-38)39(57-41)20-12-8-9-13-24-45(52)58-40/h6,8-13,16,19-20,22,24-27,30,32-43,46-49,53H,5,7,14-15,17-18,21,23,28-29H2,1-4H3,(H,50,51)/b9-8-,10-6+,19-11+,20-12?,22-16+,24-13-,31-27+. The van der Waals surface area contributed by atoms with Crippen LogP contribution in [0, 0.1) is 17.8 Å². The van der Waals surface area contributed by atoms with Crippen LogP contribution in [0.1, 0.15) is 91.9 Å². The van der Waals surface area contributed by atoms with Crippen LogP contribution in [0.5, 0.6) is 0 Å². The highest BCUT2D eigenvalue weighted by molar-refractivity contribution is 5.82. The van der Waals surface area contributed by atoms with Crippen molar-refractivity contribution in [3.05, 3.63) is 96.7 Å². The summed E-state index contributed by atoms with van der Waals surface area (Å²) in [4.78, 5) is 23.9. The van der Waals surface area contributed by atoms with Crippen LogP contribution in [0.15, 0.2) is 96.7 Å². The fourth-order valence-corrected chi connectivity index (χ4v) is 8.38. The van der Waals surface area contributed by atoms with Gasteiger partial charge >= 0.3 is 11.9 Å². The molecule has 11 nitrogen and oxygen atoms in total. The lowest BCUT2D eigenvalue weighted by Gasteiger charge is -2.40. The van der Waals surface area contributed by atoms with Gasteiger partial charge in [-0.3, -0.25) is 4.79 Å². The monoisotopic (exact) mass is 806 g/mol. The Morgan fingerprint density at radius 2 is 1.53 bits per heavy atom. The van der Waals surface area contributed by atoms with Crippen molar-refractivity contribution < 1.29 is 53.7 Å². The molecule has 3 fully saturated rings. The Labute approximate surface area is 344 Å². The molecule has 0 amide bonds. The predicted octanol–water partition coefficient (Wildman–Crippen LogP) is 6.80. The SMILES string of the molecule is C/C(=C\C(C)CCCCC(=O)O)C1OC2C=CC1OC(=O)/C=C\C=C/C=CC1OC3CC1OC(/C=C/CC1OC(CC(O)C1C)C(O)C(O)/C=C/CC/C=C/C2)C3C. The molecule has 320 valence electrons. The largest absolute Gasteiger partial charge is 0.481 e. The number of fused-ring (bicyclic) bond motifs is 13. The minimum absolute atomic E-state index is 0.0508. The fraction of sp³-hybridized carbons (Fsp3) is 0.617. The first-order chi connectivity index (χ1) is 27.9. The van der Waals surface area contributed by atoms with E-state index in [4.69, 9.17) is 28.8 Å². The van der Waals surface area contributed by atoms with Crippen molar-refractivity contribution in [2.24, 2.45) is 17.8 Å². The Morgan fingerprint density at radius 1 is 0.759 bits per heavy atom. The van der Waals surface area contributed by atoms with Gasteiger partial charge in [0, 0.05) is 37.2 Å². The fourth-order valence-electron chi connectivity index (χ4n) is 8.38. The van der Waals surface area contributed by atoms with Crippen LogP contribution in [0.4, 0.5) is 0 Å². The zero-order chi connectivity index (χ0) is 41.6. The van der Waals surface area contributed by atoms with E-state index in [1.165, 1.54) is 6.08 Å². The molecule has 0 aromatic rings. The summed E-state index contributed by atoms with van der Waals surface area (Å²) in [6.45, 7) is 8.15. The van der Waals surface area contributed by atoms with E-state index >= 15 is 0 Å². The molecule has 0 aromatic heterocycles. The molecule has 6 rings (SSSR count). The van der Waals surface area contributed by atoms with Gasteiger partial charge in [-0.05, 0) is 63.0 Å². The van der Waals surface area contributed by atoms with Gasteiger partial charge in [0.25, 0.3) is 0 Å². The summed E-state index contributed by atoms with van der Waals surface area (Å²) in [5.41, 5.74) is 0.945. The van der Waals surface area contributed by atoms with E-state index in [0.29, 0.717) is 25.7 Å². The number of aliphatic carboxylic acids is 1. The number of esters is 1. The molecular formula is C47H66O11. The summed E-state index contributed by atoms with van der Waals surface area (Å²) in [6.07, 6.45) is 28.3. The third-order valence-electron chi connectivity index (χ3n) is 12.0. The lowest BCUT2D eigenvalue weighted by molar-refractivity contribution is -0.175. The van der Waals surface area contributed by atoms with Gasteiger partial charge in [-0.2, -0.15) is 0 Å². The summed E-state index contributed by atoms with van der Waals surface area (Å²) < 4.78 is 31.5. The van der Waals surface area contributed by atoms with E-state index in [2.05, 4.69) is 32.1 Å². The zero-order valence-electron chi connectivity index (χ0n) is 34.5. The molecule has 4 N–H and O–H groups in total. The molecule has 15 unspecified atom stereocenters. The van der Waals surface area contributed by atoms with Crippen molar-refractivity contribution in [1.82, 2.24) is 0 Å². The smallest absolute Gasteiger partial charge is 0.331 e. The van der Waals surface area contributed by atoms with Gasteiger partial charge < -0.3 is 44.1 Å². The van der Waals surface area contributed by atoms with Crippen molar-refractivity contribution in [2.45, 2.75) is 165 Å². The van der Waals surface area contributed by atoms with E-state index in [1.54, 1.807) is 18.2 Å². The first-order valence-electron chi connectivity index (χ1n) is 21.3. The molecule has 6 heterocycles. The van der Waals surface area contributed by atoms with Crippen molar-refractivity contribution in [1.29, 1.82) is 0 Å². The normalized spacial score (nSPS) is 41.2. The number of hydrogen-bond donors (Lipinski definition) is 4. The van der Waals surface area contributed by atoms with Crippen molar-refractivity contribution >= 4 is 11.9 Å². The highest BCUT2D eigenvalue weighted by atomic mass is 16.6. The summed E-state index contributed by atoms with van der Waals surface area (Å²) in [6, 6.07) is 0. The average Bonchev–Trinajstić information content (AvgIpc) is 3.54. The second kappa shape index (κ2) is 22.8.